The molecule has 1 aliphatic heterocycles. The van der Waals surface area contributed by atoms with Gasteiger partial charge in [-0.25, -0.2) is 0 Å². The molecule has 0 spiro atoms. The third-order valence-corrected chi connectivity index (χ3v) is 4.59. The van der Waals surface area contributed by atoms with E-state index in [4.69, 9.17) is 4.74 Å². The van der Waals surface area contributed by atoms with Crippen molar-refractivity contribution >= 4 is 17.3 Å². The van der Waals surface area contributed by atoms with Crippen molar-refractivity contribution in [2.45, 2.75) is 18.9 Å². The number of hydrogen-bond donors (Lipinski definition) is 2. The zero-order valence-corrected chi connectivity index (χ0v) is 14.8. The van der Waals surface area contributed by atoms with Crippen LogP contribution in [0.25, 0.3) is 0 Å². The van der Waals surface area contributed by atoms with Gasteiger partial charge in [-0.05, 0) is 63.3 Å². The summed E-state index contributed by atoms with van der Waals surface area (Å²) in [5.41, 5.74) is 2.34. The van der Waals surface area contributed by atoms with Crippen LogP contribution in [0.4, 0.5) is 11.4 Å². The third kappa shape index (κ3) is 4.51. The molecule has 3 rings (SSSR count). The zero-order valence-electron chi connectivity index (χ0n) is 14.8. The first-order chi connectivity index (χ1) is 12.2. The summed E-state index contributed by atoms with van der Waals surface area (Å²) >= 11 is 0. The summed E-state index contributed by atoms with van der Waals surface area (Å²) in [5, 5.41) is 6.59. The summed E-state index contributed by atoms with van der Waals surface area (Å²) in [7, 11) is 3.75. The molecule has 25 heavy (non-hydrogen) atoms. The van der Waals surface area contributed by atoms with Crippen LogP contribution >= 0.6 is 0 Å². The molecule has 1 aliphatic rings. The molecule has 5 nitrogen and oxygen atoms in total. The van der Waals surface area contributed by atoms with Gasteiger partial charge >= 0.3 is 0 Å². The molecule has 0 saturated carbocycles. The maximum absolute atomic E-state index is 12.6. The van der Waals surface area contributed by atoms with Crippen LogP contribution < -0.4 is 15.4 Å². The summed E-state index contributed by atoms with van der Waals surface area (Å²) in [6.07, 6.45) is 2.21. The van der Waals surface area contributed by atoms with Gasteiger partial charge < -0.3 is 20.3 Å². The number of benzene rings is 2. The van der Waals surface area contributed by atoms with Gasteiger partial charge in [0.2, 0.25) is 0 Å². The minimum Gasteiger partial charge on any atom is -0.497 e. The second-order valence-corrected chi connectivity index (χ2v) is 6.45. The number of likely N-dealkylation sites (tertiary alicyclic amines) is 1. The van der Waals surface area contributed by atoms with Gasteiger partial charge in [0.05, 0.1) is 18.5 Å². The van der Waals surface area contributed by atoms with Crippen LogP contribution in [0.15, 0.2) is 48.5 Å². The number of ether oxygens (including phenoxy) is 1. The number of nitrogens with zero attached hydrogens (tertiary/aromatic N) is 1. The first kappa shape index (κ1) is 17.3. The number of methoxy groups -OCH3 is 1. The average Bonchev–Trinajstić information content (AvgIpc) is 2.65. The van der Waals surface area contributed by atoms with Crippen LogP contribution in [-0.4, -0.2) is 44.1 Å². The lowest BCUT2D eigenvalue weighted by atomic mass is 10.0. The molecule has 1 fully saturated rings. The van der Waals surface area contributed by atoms with Crippen molar-refractivity contribution in [2.75, 3.05) is 37.9 Å². The smallest absolute Gasteiger partial charge is 0.255 e. The summed E-state index contributed by atoms with van der Waals surface area (Å²) in [5.74, 6) is 0.530. The Labute approximate surface area is 149 Å². The van der Waals surface area contributed by atoms with E-state index >= 15 is 0 Å². The molecule has 0 aromatic heterocycles. The van der Waals surface area contributed by atoms with E-state index in [1.54, 1.807) is 19.2 Å². The Morgan fingerprint density at radius 2 is 1.80 bits per heavy atom. The van der Waals surface area contributed by atoms with Gasteiger partial charge in [-0.3, -0.25) is 4.79 Å². The van der Waals surface area contributed by atoms with Crippen molar-refractivity contribution in [1.82, 2.24) is 4.90 Å². The fraction of sp³-hybridized carbons (Fsp3) is 0.350. The van der Waals surface area contributed by atoms with Crippen LogP contribution in [-0.2, 0) is 0 Å². The fourth-order valence-electron chi connectivity index (χ4n) is 3.05. The van der Waals surface area contributed by atoms with Crippen LogP contribution in [0, 0.1) is 0 Å². The maximum atomic E-state index is 12.6. The number of amides is 1. The molecule has 1 saturated heterocycles. The monoisotopic (exact) mass is 339 g/mol. The van der Waals surface area contributed by atoms with Crippen molar-refractivity contribution < 1.29 is 9.53 Å². The maximum Gasteiger partial charge on any atom is 0.255 e. The highest BCUT2D eigenvalue weighted by Gasteiger charge is 2.18. The molecular formula is C20H25N3O2. The highest BCUT2D eigenvalue weighted by Crippen LogP contribution is 2.25. The Bertz CT molecular complexity index is 724. The predicted octanol–water partition coefficient (Wildman–Crippen LogP) is 3.45. The van der Waals surface area contributed by atoms with Gasteiger partial charge in [-0.15, -0.1) is 0 Å². The van der Waals surface area contributed by atoms with Crippen LogP contribution in [0.3, 0.4) is 0 Å². The first-order valence-corrected chi connectivity index (χ1v) is 8.65. The van der Waals surface area contributed by atoms with E-state index in [1.165, 1.54) is 0 Å². The van der Waals surface area contributed by atoms with Crippen molar-refractivity contribution in [2.24, 2.45) is 0 Å². The molecule has 2 aromatic carbocycles. The molecule has 0 atom stereocenters. The second-order valence-electron chi connectivity index (χ2n) is 6.45. The topological polar surface area (TPSA) is 53.6 Å². The molecule has 1 amide bonds. The Morgan fingerprint density at radius 3 is 2.52 bits per heavy atom. The van der Waals surface area contributed by atoms with Crippen molar-refractivity contribution in [3.8, 4) is 5.75 Å². The van der Waals surface area contributed by atoms with E-state index < -0.39 is 0 Å². The lowest BCUT2D eigenvalue weighted by Crippen LogP contribution is -2.36. The molecule has 132 valence electrons. The number of piperidine rings is 1. The predicted molar refractivity (Wildman–Crippen MR) is 102 cm³/mol. The standard InChI is InChI=1S/C20H25N3O2/c1-23-12-10-16(11-13-23)21-18-8-3-4-9-19(18)22-20(24)15-6-5-7-17(14-15)25-2/h3-9,14,16,21H,10-13H2,1-2H3,(H,22,24). The Balaban J connectivity index is 1.71. The van der Waals surface area contributed by atoms with Crippen LogP contribution in [0.1, 0.15) is 23.2 Å². The van der Waals surface area contributed by atoms with Gasteiger partial charge in [0.25, 0.3) is 5.91 Å². The number of para-hydroxylation sites is 2. The van der Waals surface area contributed by atoms with E-state index in [9.17, 15) is 4.79 Å². The summed E-state index contributed by atoms with van der Waals surface area (Å²) in [4.78, 5) is 14.9. The van der Waals surface area contributed by atoms with Gasteiger partial charge in [0.15, 0.2) is 0 Å². The summed E-state index contributed by atoms with van der Waals surface area (Å²) < 4.78 is 5.19. The Hall–Kier alpha value is -2.53. The van der Waals surface area contributed by atoms with E-state index in [2.05, 4.69) is 22.6 Å². The number of rotatable bonds is 5. The molecule has 0 unspecified atom stereocenters. The molecule has 5 heteroatoms. The normalized spacial score (nSPS) is 15.6. The van der Waals surface area contributed by atoms with E-state index in [-0.39, 0.29) is 5.91 Å². The van der Waals surface area contributed by atoms with Gasteiger partial charge in [0.1, 0.15) is 5.75 Å². The number of carbonyl (C=O) groups excluding carboxylic acids is 1. The molecule has 2 aromatic rings. The highest BCUT2D eigenvalue weighted by atomic mass is 16.5. The third-order valence-electron chi connectivity index (χ3n) is 4.59. The van der Waals surface area contributed by atoms with Crippen molar-refractivity contribution in [3.05, 3.63) is 54.1 Å². The van der Waals surface area contributed by atoms with Gasteiger partial charge in [0, 0.05) is 11.6 Å². The number of carbonyl (C=O) groups is 1. The molecule has 0 radical (unpaired) electrons. The largest absolute Gasteiger partial charge is 0.497 e. The van der Waals surface area contributed by atoms with Crippen LogP contribution in [0.5, 0.6) is 5.75 Å². The number of anilines is 2. The zero-order chi connectivity index (χ0) is 17.6. The molecular weight excluding hydrogens is 314 g/mol. The lowest BCUT2D eigenvalue weighted by molar-refractivity contribution is 0.102. The van der Waals surface area contributed by atoms with Gasteiger partial charge in [-0.1, -0.05) is 18.2 Å². The fourth-order valence-corrected chi connectivity index (χ4v) is 3.05. The second kappa shape index (κ2) is 8.03. The summed E-state index contributed by atoms with van der Waals surface area (Å²) in [6.45, 7) is 2.19. The quantitative estimate of drug-likeness (QED) is 0.876. The van der Waals surface area contributed by atoms with Crippen molar-refractivity contribution in [3.63, 3.8) is 0 Å². The summed E-state index contributed by atoms with van der Waals surface area (Å²) in [6, 6.07) is 15.5. The lowest BCUT2D eigenvalue weighted by Gasteiger charge is -2.30. The number of nitrogens with one attached hydrogen (secondary N) is 2. The minimum absolute atomic E-state index is 0.142. The van der Waals surface area contributed by atoms with E-state index in [0.717, 1.165) is 37.3 Å². The molecule has 1 heterocycles. The van der Waals surface area contributed by atoms with Crippen molar-refractivity contribution in [1.29, 1.82) is 0 Å². The SMILES string of the molecule is COc1cccc(C(=O)Nc2ccccc2NC2CCN(C)CC2)c1. The van der Waals surface area contributed by atoms with E-state index in [1.807, 2.05) is 36.4 Å². The molecule has 0 bridgehead atoms. The highest BCUT2D eigenvalue weighted by molar-refractivity contribution is 6.06. The van der Waals surface area contributed by atoms with Crippen LogP contribution in [0.2, 0.25) is 0 Å². The Morgan fingerprint density at radius 1 is 1.08 bits per heavy atom. The van der Waals surface area contributed by atoms with Gasteiger partial charge in [-0.2, -0.15) is 0 Å². The average molecular weight is 339 g/mol. The van der Waals surface area contributed by atoms with E-state index in [0.29, 0.717) is 17.4 Å². The molecule has 0 aliphatic carbocycles. The Kier molecular flexibility index (Phi) is 5.56. The number of hydrogen-bond acceptors (Lipinski definition) is 4. The molecule has 2 N–H and O–H groups in total. The minimum atomic E-state index is -0.142. The first-order valence-electron chi connectivity index (χ1n) is 8.65.